The minimum Gasteiger partial charge on any atom is -0.375 e. The van der Waals surface area contributed by atoms with Crippen molar-refractivity contribution in [3.05, 3.63) is 59.9 Å². The zero-order chi connectivity index (χ0) is 21.6. The molecule has 0 spiro atoms. The van der Waals surface area contributed by atoms with Gasteiger partial charge in [-0.3, -0.25) is 9.59 Å². The van der Waals surface area contributed by atoms with Crippen LogP contribution in [0.25, 0.3) is 11.1 Å². The highest BCUT2D eigenvalue weighted by Gasteiger charge is 2.42. The number of hydrogen-bond donors (Lipinski definition) is 1. The number of likely N-dealkylation sites (tertiary alicyclic amines) is 1. The molecule has 1 saturated heterocycles. The van der Waals surface area contributed by atoms with Crippen molar-refractivity contribution in [2.24, 2.45) is 5.41 Å². The molecule has 1 N–H and O–H groups in total. The van der Waals surface area contributed by atoms with Gasteiger partial charge in [0.25, 0.3) is 0 Å². The van der Waals surface area contributed by atoms with E-state index in [0.717, 1.165) is 11.1 Å². The highest BCUT2D eigenvalue weighted by molar-refractivity contribution is 5.84. The summed E-state index contributed by atoms with van der Waals surface area (Å²) in [6, 6.07) is 14.4. The Morgan fingerprint density at radius 2 is 1.77 bits per heavy atom. The monoisotopic (exact) mass is 412 g/mol. The zero-order valence-electron chi connectivity index (χ0n) is 17.6. The van der Waals surface area contributed by atoms with Crippen LogP contribution in [0.5, 0.6) is 0 Å². The number of ether oxygens (including phenoxy) is 1. The Balaban J connectivity index is 1.77. The summed E-state index contributed by atoms with van der Waals surface area (Å²) < 4.78 is 19.0. The van der Waals surface area contributed by atoms with Gasteiger partial charge in [-0.1, -0.05) is 42.5 Å². The highest BCUT2D eigenvalue weighted by atomic mass is 19.1. The largest absolute Gasteiger partial charge is 0.375 e. The molecule has 2 aromatic rings. The highest BCUT2D eigenvalue weighted by Crippen LogP contribution is 2.36. The summed E-state index contributed by atoms with van der Waals surface area (Å²) in [6.07, 6.45) is 1.79. The summed E-state index contributed by atoms with van der Waals surface area (Å²) in [7, 11) is 1.51. The number of piperidine rings is 1. The summed E-state index contributed by atoms with van der Waals surface area (Å²) in [5.74, 6) is -0.268. The lowest BCUT2D eigenvalue weighted by molar-refractivity contribution is -0.142. The van der Waals surface area contributed by atoms with Crippen molar-refractivity contribution in [1.82, 2.24) is 10.2 Å². The molecule has 3 rings (SSSR count). The first-order chi connectivity index (χ1) is 14.5. The lowest BCUT2D eigenvalue weighted by Crippen LogP contribution is -2.51. The smallest absolute Gasteiger partial charge is 0.248 e. The maximum Gasteiger partial charge on any atom is 0.248 e. The average Bonchev–Trinajstić information content (AvgIpc) is 2.75. The normalized spacial score (nSPS) is 15.6. The lowest BCUT2D eigenvalue weighted by Gasteiger charge is -2.40. The maximum absolute atomic E-state index is 14.1. The van der Waals surface area contributed by atoms with Gasteiger partial charge in [-0.15, -0.1) is 0 Å². The molecule has 2 aromatic carbocycles. The number of amides is 2. The first-order valence-corrected chi connectivity index (χ1v) is 10.4. The van der Waals surface area contributed by atoms with Crippen LogP contribution in [0.4, 0.5) is 4.39 Å². The predicted octanol–water partition coefficient (Wildman–Crippen LogP) is 3.43. The Labute approximate surface area is 177 Å². The fourth-order valence-electron chi connectivity index (χ4n) is 4.12. The van der Waals surface area contributed by atoms with Crippen LogP contribution in [0.3, 0.4) is 0 Å². The van der Waals surface area contributed by atoms with E-state index in [2.05, 4.69) is 5.32 Å². The number of hydrogen-bond acceptors (Lipinski definition) is 3. The van der Waals surface area contributed by atoms with E-state index >= 15 is 0 Å². The zero-order valence-corrected chi connectivity index (χ0v) is 17.6. The van der Waals surface area contributed by atoms with Gasteiger partial charge in [0.15, 0.2) is 0 Å². The molecule has 160 valence electrons. The summed E-state index contributed by atoms with van der Waals surface area (Å²) in [5.41, 5.74) is 1.84. The molecular weight excluding hydrogens is 383 g/mol. The third-order valence-electron chi connectivity index (χ3n) is 5.84. The van der Waals surface area contributed by atoms with Gasteiger partial charge in [0.1, 0.15) is 12.4 Å². The van der Waals surface area contributed by atoms with Gasteiger partial charge < -0.3 is 15.0 Å². The molecule has 1 aliphatic rings. The van der Waals surface area contributed by atoms with Crippen LogP contribution in [0.1, 0.15) is 25.3 Å². The molecular formula is C24H29FN2O3. The minimum atomic E-state index is -0.556. The summed E-state index contributed by atoms with van der Waals surface area (Å²) in [5, 5.41) is 2.97. The molecule has 2 amide bonds. The van der Waals surface area contributed by atoms with Gasteiger partial charge in [-0.05, 0) is 43.4 Å². The van der Waals surface area contributed by atoms with E-state index in [4.69, 9.17) is 4.74 Å². The van der Waals surface area contributed by atoms with E-state index in [1.165, 1.54) is 13.2 Å². The molecule has 0 atom stereocenters. The number of halogens is 1. The van der Waals surface area contributed by atoms with E-state index in [1.54, 1.807) is 17.0 Å². The lowest BCUT2D eigenvalue weighted by atomic mass is 9.72. The Kier molecular flexibility index (Phi) is 7.21. The van der Waals surface area contributed by atoms with Crippen LogP contribution in [0.2, 0.25) is 0 Å². The van der Waals surface area contributed by atoms with Crippen molar-refractivity contribution in [2.45, 2.75) is 26.2 Å². The molecule has 1 fully saturated rings. The van der Waals surface area contributed by atoms with Crippen LogP contribution in [0.15, 0.2) is 48.5 Å². The van der Waals surface area contributed by atoms with Crippen LogP contribution in [-0.2, 0) is 20.7 Å². The van der Waals surface area contributed by atoms with Crippen molar-refractivity contribution >= 4 is 11.8 Å². The van der Waals surface area contributed by atoms with Crippen LogP contribution < -0.4 is 5.32 Å². The molecule has 0 aromatic heterocycles. The first kappa shape index (κ1) is 22.0. The second-order valence-corrected chi connectivity index (χ2v) is 7.81. The molecule has 1 aliphatic heterocycles. The number of nitrogens with one attached hydrogen (secondary N) is 1. The molecule has 0 bridgehead atoms. The third kappa shape index (κ3) is 4.87. The van der Waals surface area contributed by atoms with Crippen molar-refractivity contribution in [3.8, 4) is 11.1 Å². The van der Waals surface area contributed by atoms with Gasteiger partial charge in [0, 0.05) is 32.3 Å². The summed E-state index contributed by atoms with van der Waals surface area (Å²) >= 11 is 0. The predicted molar refractivity (Wildman–Crippen MR) is 114 cm³/mol. The maximum atomic E-state index is 14.1. The van der Waals surface area contributed by atoms with Gasteiger partial charge >= 0.3 is 0 Å². The quantitative estimate of drug-likeness (QED) is 0.758. The Morgan fingerprint density at radius 3 is 2.37 bits per heavy atom. The van der Waals surface area contributed by atoms with Crippen LogP contribution >= 0.6 is 0 Å². The second-order valence-electron chi connectivity index (χ2n) is 7.81. The van der Waals surface area contributed by atoms with Gasteiger partial charge in [-0.25, -0.2) is 4.39 Å². The molecule has 30 heavy (non-hydrogen) atoms. The number of carbonyl (C=O) groups excluding carboxylic acids is 2. The van der Waals surface area contributed by atoms with Gasteiger partial charge in [0.05, 0.1) is 5.41 Å². The number of rotatable bonds is 7. The van der Waals surface area contributed by atoms with E-state index in [0.29, 0.717) is 44.5 Å². The molecule has 0 saturated carbocycles. The Hall–Kier alpha value is -2.73. The van der Waals surface area contributed by atoms with E-state index in [1.807, 2.05) is 37.3 Å². The van der Waals surface area contributed by atoms with E-state index < -0.39 is 5.41 Å². The molecule has 0 unspecified atom stereocenters. The van der Waals surface area contributed by atoms with Crippen molar-refractivity contribution in [1.29, 1.82) is 0 Å². The summed E-state index contributed by atoms with van der Waals surface area (Å²) in [6.45, 7) is 3.61. The summed E-state index contributed by atoms with van der Waals surface area (Å²) in [4.78, 5) is 26.9. The molecule has 1 heterocycles. The molecule has 0 aliphatic carbocycles. The van der Waals surface area contributed by atoms with Crippen molar-refractivity contribution < 1.29 is 18.7 Å². The number of methoxy groups -OCH3 is 1. The second kappa shape index (κ2) is 9.85. The van der Waals surface area contributed by atoms with Crippen molar-refractivity contribution in [3.63, 3.8) is 0 Å². The fraction of sp³-hybridized carbons (Fsp3) is 0.417. The Bertz CT molecular complexity index is 874. The average molecular weight is 413 g/mol. The molecule has 0 radical (unpaired) electrons. The topological polar surface area (TPSA) is 58.6 Å². The van der Waals surface area contributed by atoms with E-state index in [9.17, 15) is 14.0 Å². The SMILES string of the molecule is CCNC(=O)C1(Cc2ccc(-c3ccccc3F)cc2)CCN(C(=O)COC)CC1. The standard InChI is InChI=1S/C24H29FN2O3/c1-3-26-23(29)24(12-14-27(15-13-24)22(28)17-30-2)16-18-8-10-19(11-9-18)20-6-4-5-7-21(20)25/h4-11H,3,12-17H2,1-2H3,(H,26,29). The molecule has 5 nitrogen and oxygen atoms in total. The third-order valence-corrected chi connectivity index (χ3v) is 5.84. The number of carbonyl (C=O) groups is 2. The number of nitrogens with zero attached hydrogens (tertiary/aromatic N) is 1. The van der Waals surface area contributed by atoms with Gasteiger partial charge in [-0.2, -0.15) is 0 Å². The number of benzene rings is 2. The van der Waals surface area contributed by atoms with Crippen LogP contribution in [-0.4, -0.2) is 50.1 Å². The fourth-order valence-corrected chi connectivity index (χ4v) is 4.12. The van der Waals surface area contributed by atoms with Gasteiger partial charge in [0.2, 0.25) is 11.8 Å². The minimum absolute atomic E-state index is 0.0296. The molecule has 6 heteroatoms. The van der Waals surface area contributed by atoms with Crippen molar-refractivity contribution in [2.75, 3.05) is 33.4 Å². The van der Waals surface area contributed by atoms with E-state index in [-0.39, 0.29) is 24.2 Å². The Morgan fingerprint density at radius 1 is 1.10 bits per heavy atom. The first-order valence-electron chi connectivity index (χ1n) is 10.4. The van der Waals surface area contributed by atoms with Crippen LogP contribution in [0, 0.1) is 11.2 Å².